The van der Waals surface area contributed by atoms with E-state index in [0.717, 1.165) is 37.6 Å². The maximum atomic E-state index is 12.1. The first kappa shape index (κ1) is 18.4. The van der Waals surface area contributed by atoms with E-state index in [9.17, 15) is 4.79 Å². The smallest absolute Gasteiger partial charge is 0.263 e. The van der Waals surface area contributed by atoms with Crippen LogP contribution in [0.5, 0.6) is 5.75 Å². The number of likely N-dealkylation sites (N-methyl/N-ethyl adjacent to an activating group) is 1. The van der Waals surface area contributed by atoms with Gasteiger partial charge >= 0.3 is 0 Å². The number of anilines is 2. The number of rotatable bonds is 5. The molecule has 1 aliphatic rings. The van der Waals surface area contributed by atoms with E-state index in [1.165, 1.54) is 6.33 Å². The molecule has 8 heteroatoms. The zero-order chi connectivity index (χ0) is 18.5. The molecule has 0 saturated carbocycles. The molecule has 1 amide bonds. The van der Waals surface area contributed by atoms with Crippen LogP contribution >= 0.6 is 11.6 Å². The van der Waals surface area contributed by atoms with E-state index in [1.807, 2.05) is 6.92 Å². The Morgan fingerprint density at radius 2 is 2.00 bits per heavy atom. The average molecular weight is 376 g/mol. The summed E-state index contributed by atoms with van der Waals surface area (Å²) in [6, 6.07) is 7.07. The summed E-state index contributed by atoms with van der Waals surface area (Å²) in [7, 11) is 2.10. The van der Waals surface area contributed by atoms with Crippen LogP contribution in [0.15, 0.2) is 30.6 Å². The number of aryl methyl sites for hydroxylation is 1. The van der Waals surface area contributed by atoms with Crippen LogP contribution in [0.1, 0.15) is 5.56 Å². The molecule has 3 rings (SSSR count). The molecule has 2 heterocycles. The van der Waals surface area contributed by atoms with Crippen LogP contribution in [0, 0.1) is 6.92 Å². The molecule has 1 aromatic carbocycles. The Morgan fingerprint density at radius 1 is 1.23 bits per heavy atom. The molecule has 1 fully saturated rings. The summed E-state index contributed by atoms with van der Waals surface area (Å²) in [6.07, 6.45) is 1.46. The first-order valence-corrected chi connectivity index (χ1v) is 8.83. The molecule has 2 aromatic rings. The molecule has 0 unspecified atom stereocenters. The fourth-order valence-corrected chi connectivity index (χ4v) is 2.78. The van der Waals surface area contributed by atoms with Crippen molar-refractivity contribution >= 4 is 29.1 Å². The molecule has 7 nitrogen and oxygen atoms in total. The number of piperazine rings is 1. The number of nitrogens with zero attached hydrogens (tertiary/aromatic N) is 4. The molecule has 1 saturated heterocycles. The van der Waals surface area contributed by atoms with E-state index in [-0.39, 0.29) is 12.5 Å². The molecule has 26 heavy (non-hydrogen) atoms. The van der Waals surface area contributed by atoms with Crippen molar-refractivity contribution in [3.63, 3.8) is 0 Å². The Balaban J connectivity index is 1.55. The van der Waals surface area contributed by atoms with Gasteiger partial charge < -0.3 is 19.9 Å². The van der Waals surface area contributed by atoms with Crippen molar-refractivity contribution in [3.05, 3.63) is 41.2 Å². The number of nitrogens with one attached hydrogen (secondary N) is 1. The van der Waals surface area contributed by atoms with Crippen LogP contribution in [-0.2, 0) is 4.79 Å². The minimum atomic E-state index is -0.277. The molecule has 0 bridgehead atoms. The number of carbonyl (C=O) groups is 1. The van der Waals surface area contributed by atoms with Gasteiger partial charge in [0.15, 0.2) is 6.61 Å². The van der Waals surface area contributed by atoms with Crippen molar-refractivity contribution in [2.75, 3.05) is 50.1 Å². The Morgan fingerprint density at radius 3 is 2.73 bits per heavy atom. The van der Waals surface area contributed by atoms with Gasteiger partial charge in [0.2, 0.25) is 0 Å². The third kappa shape index (κ3) is 4.83. The van der Waals surface area contributed by atoms with Crippen molar-refractivity contribution in [1.29, 1.82) is 0 Å². The van der Waals surface area contributed by atoms with Crippen molar-refractivity contribution < 1.29 is 9.53 Å². The Labute approximate surface area is 157 Å². The van der Waals surface area contributed by atoms with Gasteiger partial charge in [-0.3, -0.25) is 4.79 Å². The quantitative estimate of drug-likeness (QED) is 0.864. The molecule has 138 valence electrons. The molecule has 1 aromatic heterocycles. The van der Waals surface area contributed by atoms with Crippen LogP contribution in [-0.4, -0.2) is 60.6 Å². The minimum absolute atomic E-state index is 0.102. The van der Waals surface area contributed by atoms with Crippen molar-refractivity contribution in [2.45, 2.75) is 6.92 Å². The number of hydrogen-bond donors (Lipinski definition) is 1. The lowest BCUT2D eigenvalue weighted by atomic mass is 10.2. The zero-order valence-corrected chi connectivity index (χ0v) is 15.7. The highest BCUT2D eigenvalue weighted by molar-refractivity contribution is 6.31. The highest BCUT2D eigenvalue weighted by atomic mass is 35.5. The topological polar surface area (TPSA) is 70.6 Å². The summed E-state index contributed by atoms with van der Waals surface area (Å²) in [4.78, 5) is 25.0. The van der Waals surface area contributed by atoms with Gasteiger partial charge in [0.05, 0.1) is 0 Å². The van der Waals surface area contributed by atoms with Crippen LogP contribution in [0.4, 0.5) is 11.6 Å². The first-order valence-electron chi connectivity index (χ1n) is 8.45. The van der Waals surface area contributed by atoms with Gasteiger partial charge in [-0.1, -0.05) is 11.6 Å². The highest BCUT2D eigenvalue weighted by Gasteiger charge is 2.16. The number of carbonyl (C=O) groups excluding carboxylic acids is 1. The average Bonchev–Trinajstić information content (AvgIpc) is 2.63. The summed E-state index contributed by atoms with van der Waals surface area (Å²) in [5.41, 5.74) is 0.900. The summed E-state index contributed by atoms with van der Waals surface area (Å²) >= 11 is 5.98. The zero-order valence-electron chi connectivity index (χ0n) is 14.9. The number of amides is 1. The minimum Gasteiger partial charge on any atom is -0.484 e. The van der Waals surface area contributed by atoms with E-state index in [1.54, 1.807) is 24.3 Å². The summed E-state index contributed by atoms with van der Waals surface area (Å²) in [6.45, 7) is 5.56. The molecular formula is C18H22ClN5O2. The lowest BCUT2D eigenvalue weighted by Gasteiger charge is -2.33. The van der Waals surface area contributed by atoms with E-state index >= 15 is 0 Å². The van der Waals surface area contributed by atoms with Gasteiger partial charge in [-0.05, 0) is 37.7 Å². The van der Waals surface area contributed by atoms with Gasteiger partial charge in [-0.2, -0.15) is 0 Å². The second-order valence-electron chi connectivity index (χ2n) is 6.30. The molecular weight excluding hydrogens is 354 g/mol. The Kier molecular flexibility index (Phi) is 5.90. The molecule has 0 spiro atoms. The second kappa shape index (κ2) is 8.33. The first-order chi connectivity index (χ1) is 12.5. The fourth-order valence-electron chi connectivity index (χ4n) is 2.66. The number of halogens is 1. The maximum absolute atomic E-state index is 12.1. The van der Waals surface area contributed by atoms with Gasteiger partial charge in [-0.15, -0.1) is 0 Å². The van der Waals surface area contributed by atoms with Crippen molar-refractivity contribution in [2.24, 2.45) is 0 Å². The molecule has 0 radical (unpaired) electrons. The van der Waals surface area contributed by atoms with E-state index < -0.39 is 0 Å². The Bertz CT molecular complexity index is 778. The molecule has 0 aliphatic carbocycles. The SMILES string of the molecule is Cc1cc(OCC(=O)Nc2cc(N3CCN(C)CC3)ncn2)ccc1Cl. The van der Waals surface area contributed by atoms with E-state index in [0.29, 0.717) is 16.6 Å². The van der Waals surface area contributed by atoms with Crippen molar-refractivity contribution in [3.8, 4) is 5.75 Å². The number of aromatic nitrogens is 2. The lowest BCUT2D eigenvalue weighted by molar-refractivity contribution is -0.118. The second-order valence-corrected chi connectivity index (χ2v) is 6.71. The summed E-state index contributed by atoms with van der Waals surface area (Å²) in [5, 5.41) is 3.41. The van der Waals surface area contributed by atoms with E-state index in [2.05, 4.69) is 32.1 Å². The van der Waals surface area contributed by atoms with Gasteiger partial charge in [0, 0.05) is 37.3 Å². The predicted octanol–water partition coefficient (Wildman–Crippen LogP) is 2.21. The third-order valence-electron chi connectivity index (χ3n) is 4.25. The van der Waals surface area contributed by atoms with Crippen LogP contribution < -0.4 is 15.0 Å². The monoisotopic (exact) mass is 375 g/mol. The number of benzene rings is 1. The summed E-state index contributed by atoms with van der Waals surface area (Å²) in [5.74, 6) is 1.61. The van der Waals surface area contributed by atoms with E-state index in [4.69, 9.17) is 16.3 Å². The number of ether oxygens (including phenoxy) is 1. The normalized spacial score (nSPS) is 15.0. The molecule has 1 aliphatic heterocycles. The van der Waals surface area contributed by atoms with Crippen LogP contribution in [0.25, 0.3) is 0 Å². The van der Waals surface area contributed by atoms with Gasteiger partial charge in [0.1, 0.15) is 23.7 Å². The van der Waals surface area contributed by atoms with Crippen LogP contribution in [0.2, 0.25) is 5.02 Å². The molecule has 1 N–H and O–H groups in total. The maximum Gasteiger partial charge on any atom is 0.263 e. The standard InChI is InChI=1S/C18H22ClN5O2/c1-13-9-14(3-4-15(13)19)26-11-18(25)22-16-10-17(21-12-20-16)24-7-5-23(2)6-8-24/h3-4,9-10,12H,5-8,11H2,1-2H3,(H,20,21,22,25). The molecule has 0 atom stereocenters. The van der Waals surface area contributed by atoms with Gasteiger partial charge in [-0.25, -0.2) is 9.97 Å². The third-order valence-corrected chi connectivity index (χ3v) is 4.67. The number of hydrogen-bond acceptors (Lipinski definition) is 6. The van der Waals surface area contributed by atoms with Crippen molar-refractivity contribution in [1.82, 2.24) is 14.9 Å². The summed E-state index contributed by atoms with van der Waals surface area (Å²) < 4.78 is 5.50. The fraction of sp³-hybridized carbons (Fsp3) is 0.389. The largest absolute Gasteiger partial charge is 0.484 e. The lowest BCUT2D eigenvalue weighted by Crippen LogP contribution is -2.44. The highest BCUT2D eigenvalue weighted by Crippen LogP contribution is 2.21. The van der Waals surface area contributed by atoms with Crippen LogP contribution in [0.3, 0.4) is 0 Å². The predicted molar refractivity (Wildman–Crippen MR) is 102 cm³/mol. The Hall–Kier alpha value is -2.38. The van der Waals surface area contributed by atoms with Gasteiger partial charge in [0.25, 0.3) is 5.91 Å².